The van der Waals surface area contributed by atoms with Crippen LogP contribution < -0.4 is 14.8 Å². The summed E-state index contributed by atoms with van der Waals surface area (Å²) >= 11 is 6.00. The number of carbonyl (C=O) groups is 2. The Morgan fingerprint density at radius 1 is 1.27 bits per heavy atom. The molecule has 0 spiro atoms. The lowest BCUT2D eigenvalue weighted by Gasteiger charge is -2.33. The van der Waals surface area contributed by atoms with Crippen LogP contribution in [0.2, 0.25) is 5.02 Å². The monoisotopic (exact) mass is 641 g/mol. The highest BCUT2D eigenvalue weighted by Gasteiger charge is 2.39. The standard InChI is InChI=1S/C30H30ClF2N7O5/c1-18-34-7-9-38(18)10-11-43-28-24(27(41)35-14-19-2-4-21(31)5-3-19)13-25(26(37-28)20-15-36-40(16-20)29(32)33)45-23-6-8-39-22(12-23)17-44-30(39)42/h2-5,7,9,13,15-16,22-23,29H,6,8,10-12,14,17H2,1H3,(H,35,41)/t22-,23-/m0/s1. The number of hydrogen-bond donors (Lipinski definition) is 1. The zero-order chi connectivity index (χ0) is 31.5. The van der Waals surface area contributed by atoms with E-state index in [4.69, 9.17) is 25.8 Å². The molecule has 4 aromatic rings. The topological polar surface area (TPSA) is 126 Å². The number of nitrogens with zero attached hydrogens (tertiary/aromatic N) is 6. The summed E-state index contributed by atoms with van der Waals surface area (Å²) in [6, 6.07) is 8.42. The van der Waals surface area contributed by atoms with Crippen molar-refractivity contribution in [3.05, 3.63) is 77.1 Å². The van der Waals surface area contributed by atoms with Crippen LogP contribution in [-0.4, -0.2) is 73.1 Å². The first-order valence-corrected chi connectivity index (χ1v) is 14.7. The lowest BCUT2D eigenvalue weighted by molar-refractivity contribution is 0.0566. The van der Waals surface area contributed by atoms with Gasteiger partial charge in [0.2, 0.25) is 5.88 Å². The molecule has 2 fully saturated rings. The Hall–Kier alpha value is -4.72. The number of aryl methyl sites for hydroxylation is 1. The van der Waals surface area contributed by atoms with Crippen LogP contribution >= 0.6 is 11.6 Å². The summed E-state index contributed by atoms with van der Waals surface area (Å²) in [7, 11) is 0. The number of alkyl halides is 2. The van der Waals surface area contributed by atoms with E-state index in [2.05, 4.69) is 20.4 Å². The summed E-state index contributed by atoms with van der Waals surface area (Å²) in [6.07, 6.45) is 6.17. The minimum atomic E-state index is -2.86. The van der Waals surface area contributed by atoms with Gasteiger partial charge in [0, 0.05) is 61.2 Å². The third-order valence-electron chi connectivity index (χ3n) is 7.73. The van der Waals surface area contributed by atoms with Gasteiger partial charge in [0.1, 0.15) is 42.1 Å². The third-order valence-corrected chi connectivity index (χ3v) is 7.98. The van der Waals surface area contributed by atoms with Gasteiger partial charge >= 0.3 is 12.6 Å². The number of carbonyl (C=O) groups excluding carboxylic acids is 2. The Morgan fingerprint density at radius 3 is 2.82 bits per heavy atom. The Morgan fingerprint density at radius 2 is 2.09 bits per heavy atom. The molecule has 15 heteroatoms. The molecule has 0 unspecified atom stereocenters. The number of rotatable bonds is 11. The van der Waals surface area contributed by atoms with Crippen LogP contribution in [0, 0.1) is 6.92 Å². The van der Waals surface area contributed by atoms with E-state index in [9.17, 15) is 18.4 Å². The highest BCUT2D eigenvalue weighted by atomic mass is 35.5. The fourth-order valence-electron chi connectivity index (χ4n) is 5.32. The number of imidazole rings is 1. The third kappa shape index (κ3) is 6.85. The Balaban J connectivity index is 1.33. The van der Waals surface area contributed by atoms with Gasteiger partial charge in [0.05, 0.1) is 18.8 Å². The quantitative estimate of drug-likeness (QED) is 0.246. The van der Waals surface area contributed by atoms with E-state index in [1.807, 2.05) is 11.5 Å². The fraction of sp³-hybridized carbons (Fsp3) is 0.367. The maximum atomic E-state index is 13.6. The molecule has 2 aliphatic rings. The van der Waals surface area contributed by atoms with Gasteiger partial charge in [0.25, 0.3) is 5.91 Å². The van der Waals surface area contributed by atoms with Crippen molar-refractivity contribution in [2.45, 2.75) is 51.6 Å². The molecule has 0 saturated carbocycles. The van der Waals surface area contributed by atoms with Crippen LogP contribution in [0.1, 0.15) is 41.1 Å². The maximum absolute atomic E-state index is 13.6. The number of amides is 2. The zero-order valence-electron chi connectivity index (χ0n) is 24.2. The van der Waals surface area contributed by atoms with Crippen molar-refractivity contribution >= 4 is 23.6 Å². The van der Waals surface area contributed by atoms with Gasteiger partial charge in [-0.25, -0.2) is 19.4 Å². The van der Waals surface area contributed by atoms with Gasteiger partial charge in [-0.1, -0.05) is 23.7 Å². The molecule has 2 saturated heterocycles. The lowest BCUT2D eigenvalue weighted by atomic mass is 10.0. The first kappa shape index (κ1) is 30.3. The van der Waals surface area contributed by atoms with E-state index < -0.39 is 12.5 Å². The molecule has 6 rings (SSSR count). The number of cyclic esters (lactones) is 1. The number of hydrogen-bond acceptors (Lipinski definition) is 8. The van der Waals surface area contributed by atoms with Gasteiger partial charge in [-0.05, 0) is 24.6 Å². The number of benzene rings is 1. The van der Waals surface area contributed by atoms with Crippen molar-refractivity contribution < 1.29 is 32.6 Å². The molecular weight excluding hydrogens is 612 g/mol. The minimum absolute atomic E-state index is 0.00173. The number of ether oxygens (including phenoxy) is 3. The van der Waals surface area contributed by atoms with Gasteiger partial charge in [-0.3, -0.25) is 4.79 Å². The summed E-state index contributed by atoms with van der Waals surface area (Å²) in [4.78, 5) is 36.1. The van der Waals surface area contributed by atoms with Gasteiger partial charge in [-0.2, -0.15) is 13.9 Å². The van der Waals surface area contributed by atoms with E-state index in [0.717, 1.165) is 17.6 Å². The van der Waals surface area contributed by atoms with E-state index in [1.54, 1.807) is 41.6 Å². The first-order valence-electron chi connectivity index (χ1n) is 14.4. The van der Waals surface area contributed by atoms with Crippen LogP contribution in [-0.2, 0) is 17.8 Å². The summed E-state index contributed by atoms with van der Waals surface area (Å²) in [5, 5.41) is 7.22. The number of fused-ring (bicyclic) bond motifs is 1. The minimum Gasteiger partial charge on any atom is -0.488 e. The Labute approximate surface area is 261 Å². The summed E-state index contributed by atoms with van der Waals surface area (Å²) in [6.45, 7) is 0.464. The van der Waals surface area contributed by atoms with Crippen LogP contribution in [0.25, 0.3) is 11.3 Å². The van der Waals surface area contributed by atoms with Crippen molar-refractivity contribution in [2.75, 3.05) is 19.8 Å². The molecule has 1 N–H and O–H groups in total. The Kier molecular flexibility index (Phi) is 8.83. The van der Waals surface area contributed by atoms with Gasteiger partial charge in [0.15, 0.2) is 0 Å². The average molecular weight is 642 g/mol. The summed E-state index contributed by atoms with van der Waals surface area (Å²) < 4.78 is 47.0. The fourth-order valence-corrected chi connectivity index (χ4v) is 5.45. The molecule has 1 aromatic carbocycles. The predicted molar refractivity (Wildman–Crippen MR) is 157 cm³/mol. The largest absolute Gasteiger partial charge is 0.488 e. The van der Waals surface area contributed by atoms with Crippen LogP contribution in [0.3, 0.4) is 0 Å². The highest BCUT2D eigenvalue weighted by molar-refractivity contribution is 6.30. The molecule has 0 aliphatic carbocycles. The van der Waals surface area contributed by atoms with Crippen molar-refractivity contribution in [2.24, 2.45) is 0 Å². The SMILES string of the molecule is Cc1nccn1CCOc1nc(-c2cnn(C(F)F)c2)c(O[C@H]2CCN3C(=O)OC[C@@H]3C2)cc1C(=O)NCc1ccc(Cl)cc1. The van der Waals surface area contributed by atoms with Gasteiger partial charge < -0.3 is 29.0 Å². The second kappa shape index (κ2) is 13.1. The van der Waals surface area contributed by atoms with Crippen molar-refractivity contribution in [3.63, 3.8) is 0 Å². The van der Waals surface area contributed by atoms with E-state index in [0.29, 0.717) is 35.6 Å². The highest BCUT2D eigenvalue weighted by Crippen LogP contribution is 2.36. The van der Waals surface area contributed by atoms with Crippen molar-refractivity contribution in [1.29, 1.82) is 0 Å². The smallest absolute Gasteiger partial charge is 0.410 e. The molecule has 2 amide bonds. The molecule has 3 aromatic heterocycles. The van der Waals surface area contributed by atoms with E-state index >= 15 is 0 Å². The molecular formula is C30H30ClF2N7O5. The number of piperidine rings is 1. The average Bonchev–Trinajstić information content (AvgIpc) is 3.78. The van der Waals surface area contributed by atoms with Crippen LogP contribution in [0.4, 0.5) is 13.6 Å². The number of nitrogens with one attached hydrogen (secondary N) is 1. The van der Waals surface area contributed by atoms with E-state index in [1.165, 1.54) is 12.3 Å². The molecule has 45 heavy (non-hydrogen) atoms. The number of aromatic nitrogens is 5. The molecule has 236 valence electrons. The van der Waals surface area contributed by atoms with Crippen LogP contribution in [0.5, 0.6) is 11.6 Å². The zero-order valence-corrected chi connectivity index (χ0v) is 25.0. The van der Waals surface area contributed by atoms with E-state index in [-0.39, 0.29) is 66.4 Å². The molecule has 2 atom stereocenters. The molecule has 12 nitrogen and oxygen atoms in total. The second-order valence-electron chi connectivity index (χ2n) is 10.7. The van der Waals surface area contributed by atoms with Crippen molar-refractivity contribution in [1.82, 2.24) is 34.5 Å². The first-order chi connectivity index (χ1) is 21.7. The molecule has 0 radical (unpaired) electrons. The number of pyridine rings is 1. The van der Waals surface area contributed by atoms with Crippen LogP contribution in [0.15, 0.2) is 55.1 Å². The maximum Gasteiger partial charge on any atom is 0.410 e. The lowest BCUT2D eigenvalue weighted by Crippen LogP contribution is -2.44. The molecule has 5 heterocycles. The summed E-state index contributed by atoms with van der Waals surface area (Å²) in [5.74, 6) is 0.507. The summed E-state index contributed by atoms with van der Waals surface area (Å²) in [5.41, 5.74) is 1.37. The van der Waals surface area contributed by atoms with Crippen molar-refractivity contribution in [3.8, 4) is 22.9 Å². The normalized spacial score (nSPS) is 17.7. The molecule has 2 aliphatic heterocycles. The van der Waals surface area contributed by atoms with Gasteiger partial charge in [-0.15, -0.1) is 0 Å². The Bertz CT molecular complexity index is 1680. The predicted octanol–water partition coefficient (Wildman–Crippen LogP) is 4.87. The number of halogens is 3. The second-order valence-corrected chi connectivity index (χ2v) is 11.1. The molecule has 0 bridgehead atoms.